The van der Waals surface area contributed by atoms with Crippen LogP contribution in [-0.4, -0.2) is 45.7 Å². The van der Waals surface area contributed by atoms with E-state index in [-0.39, 0.29) is 5.91 Å². The van der Waals surface area contributed by atoms with E-state index >= 15 is 0 Å². The van der Waals surface area contributed by atoms with Crippen LogP contribution in [0.3, 0.4) is 0 Å². The van der Waals surface area contributed by atoms with E-state index in [1.807, 2.05) is 42.5 Å². The van der Waals surface area contributed by atoms with Gasteiger partial charge in [-0.3, -0.25) is 4.79 Å². The van der Waals surface area contributed by atoms with Gasteiger partial charge in [-0.1, -0.05) is 35.9 Å². The number of hydrogen-bond acceptors (Lipinski definition) is 2. The van der Waals surface area contributed by atoms with E-state index in [9.17, 15) is 4.79 Å². The first kappa shape index (κ1) is 18.7. The second kappa shape index (κ2) is 9.03. The van der Waals surface area contributed by atoms with Gasteiger partial charge in [-0.15, -0.1) is 0 Å². The monoisotopic (exact) mass is 375 g/mol. The lowest BCUT2D eigenvalue weighted by Gasteiger charge is -2.29. The third kappa shape index (κ3) is 5.21. The van der Waals surface area contributed by atoms with Gasteiger partial charge in [0.15, 0.2) is 6.54 Å². The highest BCUT2D eigenvalue weighted by Crippen LogP contribution is 2.22. The van der Waals surface area contributed by atoms with Gasteiger partial charge in [-0.05, 0) is 24.3 Å². The number of benzene rings is 2. The maximum Gasteiger partial charge on any atom is 0.279 e. The SMILES string of the molecule is COc1ccccc1NC(=O)C[NH+]1CC[NH+](Cc2cccc(Cl)c2)CC1. The van der Waals surface area contributed by atoms with Gasteiger partial charge in [0.05, 0.1) is 12.8 Å². The van der Waals surface area contributed by atoms with E-state index in [0.29, 0.717) is 12.3 Å². The van der Waals surface area contributed by atoms with Crippen LogP contribution in [0.1, 0.15) is 5.56 Å². The van der Waals surface area contributed by atoms with Gasteiger partial charge in [0, 0.05) is 10.6 Å². The molecular weight excluding hydrogens is 350 g/mol. The van der Waals surface area contributed by atoms with E-state index in [4.69, 9.17) is 16.3 Å². The summed E-state index contributed by atoms with van der Waals surface area (Å²) in [6, 6.07) is 15.6. The Balaban J connectivity index is 1.45. The Morgan fingerprint density at radius 2 is 1.81 bits per heavy atom. The normalized spacial score (nSPS) is 19.8. The zero-order valence-corrected chi connectivity index (χ0v) is 15.8. The number of para-hydroxylation sites is 2. The highest BCUT2D eigenvalue weighted by molar-refractivity contribution is 6.30. The molecule has 1 aliphatic rings. The molecule has 0 aliphatic carbocycles. The van der Waals surface area contributed by atoms with E-state index in [1.165, 1.54) is 10.5 Å². The van der Waals surface area contributed by atoms with Gasteiger partial charge in [0.1, 0.15) is 38.5 Å². The molecule has 3 rings (SSSR count). The number of rotatable bonds is 6. The molecule has 1 heterocycles. The molecule has 2 aromatic carbocycles. The predicted molar refractivity (Wildman–Crippen MR) is 103 cm³/mol. The molecule has 3 N–H and O–H groups in total. The molecule has 6 heteroatoms. The van der Waals surface area contributed by atoms with Gasteiger partial charge < -0.3 is 19.9 Å². The van der Waals surface area contributed by atoms with Crippen molar-refractivity contribution >= 4 is 23.2 Å². The second-order valence-electron chi connectivity index (χ2n) is 6.73. The molecule has 0 bridgehead atoms. The van der Waals surface area contributed by atoms with Crippen molar-refractivity contribution in [2.24, 2.45) is 0 Å². The lowest BCUT2D eigenvalue weighted by atomic mass is 10.2. The fourth-order valence-electron chi connectivity index (χ4n) is 3.42. The summed E-state index contributed by atoms with van der Waals surface area (Å²) in [5, 5.41) is 3.75. The third-order valence-corrected chi connectivity index (χ3v) is 5.03. The third-order valence-electron chi connectivity index (χ3n) is 4.80. The Morgan fingerprint density at radius 1 is 1.08 bits per heavy atom. The number of ether oxygens (including phenoxy) is 1. The molecule has 26 heavy (non-hydrogen) atoms. The van der Waals surface area contributed by atoms with E-state index in [2.05, 4.69) is 11.4 Å². The van der Waals surface area contributed by atoms with Crippen molar-refractivity contribution in [3.05, 3.63) is 59.1 Å². The minimum Gasteiger partial charge on any atom is -0.495 e. The highest BCUT2D eigenvalue weighted by atomic mass is 35.5. The fraction of sp³-hybridized carbons (Fsp3) is 0.350. The number of carbonyl (C=O) groups is 1. The topological polar surface area (TPSA) is 47.2 Å². The zero-order valence-electron chi connectivity index (χ0n) is 15.1. The van der Waals surface area contributed by atoms with Crippen LogP contribution in [0.4, 0.5) is 5.69 Å². The molecule has 1 fully saturated rings. The van der Waals surface area contributed by atoms with Crippen molar-refractivity contribution in [1.29, 1.82) is 0 Å². The largest absolute Gasteiger partial charge is 0.495 e. The lowest BCUT2D eigenvalue weighted by Crippen LogP contribution is -3.28. The molecule has 1 aliphatic heterocycles. The molecule has 5 nitrogen and oxygen atoms in total. The molecular formula is C20H26ClN3O2+2. The van der Waals surface area contributed by atoms with Crippen molar-refractivity contribution in [3.63, 3.8) is 0 Å². The van der Waals surface area contributed by atoms with Crippen LogP contribution in [0.25, 0.3) is 0 Å². The average molecular weight is 376 g/mol. The maximum atomic E-state index is 12.3. The van der Waals surface area contributed by atoms with Gasteiger partial charge in [0.2, 0.25) is 0 Å². The minimum atomic E-state index is 0.0304. The summed E-state index contributed by atoms with van der Waals surface area (Å²) in [4.78, 5) is 15.2. The Bertz CT molecular complexity index is 745. The lowest BCUT2D eigenvalue weighted by molar-refractivity contribution is -1.02. The number of halogens is 1. The van der Waals surface area contributed by atoms with Gasteiger partial charge in [-0.25, -0.2) is 0 Å². The minimum absolute atomic E-state index is 0.0304. The smallest absolute Gasteiger partial charge is 0.279 e. The fourth-order valence-corrected chi connectivity index (χ4v) is 3.63. The van der Waals surface area contributed by atoms with Crippen molar-refractivity contribution in [2.75, 3.05) is 45.2 Å². The summed E-state index contributed by atoms with van der Waals surface area (Å²) in [5.74, 6) is 0.717. The maximum absolute atomic E-state index is 12.3. The molecule has 1 saturated heterocycles. The van der Waals surface area contributed by atoms with Crippen LogP contribution in [0.15, 0.2) is 48.5 Å². The Hall–Kier alpha value is -2.08. The highest BCUT2D eigenvalue weighted by Gasteiger charge is 2.25. The van der Waals surface area contributed by atoms with E-state index in [1.54, 1.807) is 12.0 Å². The summed E-state index contributed by atoms with van der Waals surface area (Å²) in [6.07, 6.45) is 0. The molecule has 0 aromatic heterocycles. The van der Waals surface area contributed by atoms with Crippen LogP contribution in [-0.2, 0) is 11.3 Å². The van der Waals surface area contributed by atoms with E-state index < -0.39 is 0 Å². The molecule has 0 spiro atoms. The Kier molecular flexibility index (Phi) is 6.50. The van der Waals surface area contributed by atoms with Crippen molar-refractivity contribution in [2.45, 2.75) is 6.54 Å². The Morgan fingerprint density at radius 3 is 2.54 bits per heavy atom. The second-order valence-corrected chi connectivity index (χ2v) is 7.17. The number of carbonyl (C=O) groups excluding carboxylic acids is 1. The molecule has 0 atom stereocenters. The van der Waals surface area contributed by atoms with Crippen LogP contribution >= 0.6 is 11.6 Å². The van der Waals surface area contributed by atoms with Crippen LogP contribution in [0, 0.1) is 0 Å². The predicted octanol–water partition coefficient (Wildman–Crippen LogP) is 0.271. The van der Waals surface area contributed by atoms with Gasteiger partial charge in [0.25, 0.3) is 5.91 Å². The van der Waals surface area contributed by atoms with Crippen LogP contribution in [0.5, 0.6) is 5.75 Å². The van der Waals surface area contributed by atoms with Gasteiger partial charge in [-0.2, -0.15) is 0 Å². The number of nitrogens with one attached hydrogen (secondary N) is 3. The van der Waals surface area contributed by atoms with Gasteiger partial charge >= 0.3 is 0 Å². The average Bonchev–Trinajstić information content (AvgIpc) is 2.64. The molecule has 138 valence electrons. The molecule has 2 aromatic rings. The number of amides is 1. The molecule has 1 amide bonds. The number of piperazine rings is 1. The summed E-state index contributed by atoms with van der Waals surface area (Å²) < 4.78 is 5.28. The van der Waals surface area contributed by atoms with Crippen LogP contribution < -0.4 is 19.9 Å². The van der Waals surface area contributed by atoms with Crippen LogP contribution in [0.2, 0.25) is 5.02 Å². The first-order chi connectivity index (χ1) is 12.6. The molecule has 0 saturated carbocycles. The standard InChI is InChI=1S/C20H24ClN3O2/c1-26-19-8-3-2-7-18(19)22-20(25)15-24-11-9-23(10-12-24)14-16-5-4-6-17(21)13-16/h2-8,13H,9-12,14-15H2,1H3,(H,22,25)/p+2. The Labute approximate surface area is 159 Å². The first-order valence-corrected chi connectivity index (χ1v) is 9.36. The van der Waals surface area contributed by atoms with Crippen molar-refractivity contribution < 1.29 is 19.3 Å². The van der Waals surface area contributed by atoms with E-state index in [0.717, 1.165) is 43.4 Å². The molecule has 0 radical (unpaired) electrons. The summed E-state index contributed by atoms with van der Waals surface area (Å²) in [7, 11) is 1.61. The quantitative estimate of drug-likeness (QED) is 0.679. The van der Waals surface area contributed by atoms with Crippen molar-refractivity contribution in [3.8, 4) is 5.75 Å². The number of anilines is 1. The first-order valence-electron chi connectivity index (χ1n) is 8.98. The zero-order chi connectivity index (χ0) is 18.4. The van der Waals surface area contributed by atoms with Crippen molar-refractivity contribution in [1.82, 2.24) is 0 Å². The molecule has 0 unspecified atom stereocenters. The summed E-state index contributed by atoms with van der Waals surface area (Å²) in [6.45, 7) is 5.59. The summed E-state index contributed by atoms with van der Waals surface area (Å²) in [5.41, 5.74) is 1.99. The number of quaternary nitrogens is 2. The summed E-state index contributed by atoms with van der Waals surface area (Å²) >= 11 is 6.06. The number of hydrogen-bond donors (Lipinski definition) is 3. The number of methoxy groups -OCH3 is 1.